The molecule has 0 aliphatic rings. The minimum Gasteiger partial charge on any atom is -0.459 e. The van der Waals surface area contributed by atoms with Gasteiger partial charge in [0.1, 0.15) is 0 Å². The van der Waals surface area contributed by atoms with E-state index in [1.807, 2.05) is 37.3 Å². The largest absolute Gasteiger partial charge is 0.459 e. The predicted molar refractivity (Wildman–Crippen MR) is 104 cm³/mol. The molecule has 0 fully saturated rings. The highest BCUT2D eigenvalue weighted by Crippen LogP contribution is 2.05. The molecule has 0 saturated carbocycles. The smallest absolute Gasteiger partial charge is 0.308 e. The summed E-state index contributed by atoms with van der Waals surface area (Å²) in [6.45, 7) is 3.54. The fourth-order valence-corrected chi connectivity index (χ4v) is 2.54. The van der Waals surface area contributed by atoms with Crippen molar-refractivity contribution >= 4 is 17.8 Å². The van der Waals surface area contributed by atoms with Gasteiger partial charge in [-0.15, -0.1) is 0 Å². The third-order valence-corrected chi connectivity index (χ3v) is 4.13. The van der Waals surface area contributed by atoms with Crippen LogP contribution in [0.3, 0.4) is 0 Å². The monoisotopic (exact) mass is 386 g/mol. The topological polar surface area (TPSA) is 97.6 Å². The van der Waals surface area contributed by atoms with Gasteiger partial charge in [0.05, 0.1) is 12.7 Å². The van der Waals surface area contributed by atoms with E-state index in [1.54, 1.807) is 6.07 Å². The summed E-state index contributed by atoms with van der Waals surface area (Å²) in [4.78, 5) is 35.7. The van der Waals surface area contributed by atoms with Crippen LogP contribution in [0.15, 0.2) is 53.1 Å². The van der Waals surface area contributed by atoms with E-state index in [4.69, 9.17) is 9.15 Å². The lowest BCUT2D eigenvalue weighted by Crippen LogP contribution is -2.41. The molecule has 0 bridgehead atoms. The van der Waals surface area contributed by atoms with Gasteiger partial charge in [-0.2, -0.15) is 0 Å². The van der Waals surface area contributed by atoms with Gasteiger partial charge in [0.25, 0.3) is 11.8 Å². The molecule has 0 aliphatic heterocycles. The molecule has 0 radical (unpaired) electrons. The zero-order chi connectivity index (χ0) is 20.4. The Bertz CT molecular complexity index is 758. The van der Waals surface area contributed by atoms with Crippen LogP contribution in [0.25, 0.3) is 0 Å². The van der Waals surface area contributed by atoms with E-state index in [0.29, 0.717) is 0 Å². The van der Waals surface area contributed by atoms with E-state index < -0.39 is 18.0 Å². The maximum absolute atomic E-state index is 12.2. The molecule has 0 aliphatic carbocycles. The van der Waals surface area contributed by atoms with Gasteiger partial charge >= 0.3 is 5.97 Å². The lowest BCUT2D eigenvalue weighted by Gasteiger charge is -2.18. The van der Waals surface area contributed by atoms with Crippen molar-refractivity contribution in [2.24, 2.45) is 0 Å². The molecule has 2 rings (SSSR count). The second-order valence-electron chi connectivity index (χ2n) is 6.55. The van der Waals surface area contributed by atoms with Gasteiger partial charge in [-0.1, -0.05) is 30.3 Å². The first-order valence-corrected chi connectivity index (χ1v) is 9.31. The van der Waals surface area contributed by atoms with E-state index in [2.05, 4.69) is 10.6 Å². The maximum Gasteiger partial charge on any atom is 0.308 e. The van der Waals surface area contributed by atoms with E-state index in [9.17, 15) is 14.4 Å². The lowest BCUT2D eigenvalue weighted by molar-refractivity contribution is -0.154. The average Bonchev–Trinajstić information content (AvgIpc) is 3.22. The Balaban J connectivity index is 1.63. The van der Waals surface area contributed by atoms with Crippen LogP contribution in [0.4, 0.5) is 0 Å². The van der Waals surface area contributed by atoms with E-state index in [1.165, 1.54) is 24.8 Å². The third kappa shape index (κ3) is 7.26. The van der Waals surface area contributed by atoms with Crippen LogP contribution in [0.2, 0.25) is 0 Å². The number of aryl methyl sites for hydroxylation is 1. The standard InChI is InChI=1S/C21H26N2O5/c1-15(10-11-17-7-4-3-5-8-17)23-20(25)16(2)28-19(24)12-13-22-21(26)18-9-6-14-27-18/h3-9,14-16H,10-13H2,1-2H3,(H,22,26)(H,23,25)/t15-,16-/m1/s1. The summed E-state index contributed by atoms with van der Waals surface area (Å²) >= 11 is 0. The minimum atomic E-state index is -0.896. The Morgan fingerprint density at radius 3 is 2.50 bits per heavy atom. The van der Waals surface area contributed by atoms with Crippen LogP contribution >= 0.6 is 0 Å². The molecule has 2 amide bonds. The molecule has 7 heteroatoms. The van der Waals surface area contributed by atoms with Gasteiger partial charge < -0.3 is 19.8 Å². The molecular formula is C21H26N2O5. The molecule has 7 nitrogen and oxygen atoms in total. The number of hydrogen-bond acceptors (Lipinski definition) is 5. The molecule has 2 atom stereocenters. The van der Waals surface area contributed by atoms with Crippen molar-refractivity contribution < 1.29 is 23.5 Å². The Hall–Kier alpha value is -3.09. The molecule has 150 valence electrons. The van der Waals surface area contributed by atoms with E-state index in [0.717, 1.165) is 12.8 Å². The number of rotatable bonds is 10. The first-order chi connectivity index (χ1) is 13.5. The first-order valence-electron chi connectivity index (χ1n) is 9.31. The lowest BCUT2D eigenvalue weighted by atomic mass is 10.1. The highest BCUT2D eigenvalue weighted by atomic mass is 16.5. The highest BCUT2D eigenvalue weighted by Gasteiger charge is 2.19. The number of nitrogens with one attached hydrogen (secondary N) is 2. The van der Waals surface area contributed by atoms with Gasteiger partial charge in [-0.25, -0.2) is 0 Å². The maximum atomic E-state index is 12.2. The number of furan rings is 1. The van der Waals surface area contributed by atoms with Crippen LogP contribution < -0.4 is 10.6 Å². The third-order valence-electron chi connectivity index (χ3n) is 4.13. The highest BCUT2D eigenvalue weighted by molar-refractivity contribution is 5.91. The first kappa shape index (κ1) is 21.2. The number of hydrogen-bond donors (Lipinski definition) is 2. The van der Waals surface area contributed by atoms with Crippen molar-refractivity contribution in [3.63, 3.8) is 0 Å². The second-order valence-corrected chi connectivity index (χ2v) is 6.55. The summed E-state index contributed by atoms with van der Waals surface area (Å²) < 4.78 is 10.1. The number of ether oxygens (including phenoxy) is 1. The fraction of sp³-hybridized carbons (Fsp3) is 0.381. The van der Waals surface area contributed by atoms with Gasteiger partial charge in [0.2, 0.25) is 0 Å². The zero-order valence-electron chi connectivity index (χ0n) is 16.1. The second kappa shape index (κ2) is 10.9. The zero-order valence-corrected chi connectivity index (χ0v) is 16.1. The number of esters is 1. The minimum absolute atomic E-state index is 0.0341. The number of carbonyl (C=O) groups excluding carboxylic acids is 3. The van der Waals surface area contributed by atoms with Crippen LogP contribution in [-0.2, 0) is 20.7 Å². The summed E-state index contributed by atoms with van der Waals surface area (Å²) in [5, 5.41) is 5.40. The molecule has 0 unspecified atom stereocenters. The Kier molecular flexibility index (Phi) is 8.27. The summed E-state index contributed by atoms with van der Waals surface area (Å²) in [6, 6.07) is 13.1. The van der Waals surface area contributed by atoms with Crippen LogP contribution in [0.1, 0.15) is 42.8 Å². The van der Waals surface area contributed by atoms with Crippen molar-refractivity contribution in [3.05, 3.63) is 60.1 Å². The molecule has 28 heavy (non-hydrogen) atoms. The van der Waals surface area contributed by atoms with Crippen LogP contribution in [0.5, 0.6) is 0 Å². The van der Waals surface area contributed by atoms with Crippen molar-refractivity contribution in [2.75, 3.05) is 6.54 Å². The average molecular weight is 386 g/mol. The summed E-state index contributed by atoms with van der Waals surface area (Å²) in [5.74, 6) is -1.13. The van der Waals surface area contributed by atoms with Crippen LogP contribution in [-0.4, -0.2) is 36.5 Å². The van der Waals surface area contributed by atoms with Gasteiger partial charge in [0.15, 0.2) is 11.9 Å². The number of benzene rings is 1. The Morgan fingerprint density at radius 1 is 1.07 bits per heavy atom. The predicted octanol–water partition coefficient (Wildman–Crippen LogP) is 2.47. The SMILES string of the molecule is C[C@H](CCc1ccccc1)NC(=O)[C@@H](C)OC(=O)CCNC(=O)c1ccco1. The summed E-state index contributed by atoms with van der Waals surface area (Å²) in [6.07, 6.45) is 2.10. The van der Waals surface area contributed by atoms with Crippen molar-refractivity contribution in [2.45, 2.75) is 45.3 Å². The van der Waals surface area contributed by atoms with E-state index >= 15 is 0 Å². The molecular weight excluding hydrogens is 360 g/mol. The van der Waals surface area contributed by atoms with Crippen molar-refractivity contribution in [1.29, 1.82) is 0 Å². The van der Waals surface area contributed by atoms with Crippen molar-refractivity contribution in [3.8, 4) is 0 Å². The fourth-order valence-electron chi connectivity index (χ4n) is 2.54. The van der Waals surface area contributed by atoms with Crippen molar-refractivity contribution in [1.82, 2.24) is 10.6 Å². The van der Waals surface area contributed by atoms with Gasteiger partial charge in [0, 0.05) is 12.6 Å². The van der Waals surface area contributed by atoms with Crippen LogP contribution in [0, 0.1) is 0 Å². The van der Waals surface area contributed by atoms with Gasteiger partial charge in [-0.3, -0.25) is 14.4 Å². The number of amides is 2. The molecule has 1 heterocycles. The summed E-state index contributed by atoms with van der Waals surface area (Å²) in [5.41, 5.74) is 1.21. The molecule has 0 spiro atoms. The molecule has 1 aromatic heterocycles. The normalized spacial score (nSPS) is 12.6. The Morgan fingerprint density at radius 2 is 1.82 bits per heavy atom. The Labute approximate surface area is 164 Å². The van der Waals surface area contributed by atoms with Gasteiger partial charge in [-0.05, 0) is 44.4 Å². The molecule has 1 aromatic carbocycles. The summed E-state index contributed by atoms with van der Waals surface area (Å²) in [7, 11) is 0. The molecule has 2 aromatic rings. The van der Waals surface area contributed by atoms with E-state index in [-0.39, 0.29) is 30.7 Å². The quantitative estimate of drug-likeness (QED) is 0.612. The number of carbonyl (C=O) groups is 3. The molecule has 2 N–H and O–H groups in total. The molecule has 0 saturated heterocycles.